The first-order chi connectivity index (χ1) is 8.20. The lowest BCUT2D eigenvalue weighted by Crippen LogP contribution is -2.26. The van der Waals surface area contributed by atoms with Gasteiger partial charge in [-0.2, -0.15) is 0 Å². The highest BCUT2D eigenvalue weighted by Gasteiger charge is 2.14. The molecular weight excluding hydrogens is 214 g/mol. The second kappa shape index (κ2) is 5.52. The van der Waals surface area contributed by atoms with E-state index in [0.29, 0.717) is 12.0 Å². The highest BCUT2D eigenvalue weighted by atomic mass is 16.5. The zero-order valence-corrected chi connectivity index (χ0v) is 10.6. The minimum atomic E-state index is 0.234. The van der Waals surface area contributed by atoms with Crippen LogP contribution in [0.5, 0.6) is 5.75 Å². The van der Waals surface area contributed by atoms with Crippen LogP contribution in [0.2, 0.25) is 0 Å². The molecule has 1 aromatic carbocycles. The molecule has 2 rings (SSSR count). The first kappa shape index (κ1) is 12.4. The van der Waals surface area contributed by atoms with Crippen LogP contribution in [0.15, 0.2) is 18.2 Å². The van der Waals surface area contributed by atoms with Crippen molar-refractivity contribution in [3.63, 3.8) is 0 Å². The molecule has 3 nitrogen and oxygen atoms in total. The molecule has 0 spiro atoms. The van der Waals surface area contributed by atoms with E-state index in [9.17, 15) is 0 Å². The van der Waals surface area contributed by atoms with Gasteiger partial charge in [0.15, 0.2) is 0 Å². The average Bonchev–Trinajstić information content (AvgIpc) is 2.82. The van der Waals surface area contributed by atoms with Crippen molar-refractivity contribution < 1.29 is 9.84 Å². The van der Waals surface area contributed by atoms with E-state index in [1.807, 2.05) is 6.92 Å². The van der Waals surface area contributed by atoms with Gasteiger partial charge in [-0.15, -0.1) is 0 Å². The van der Waals surface area contributed by atoms with Gasteiger partial charge < -0.3 is 15.2 Å². The molecule has 2 unspecified atom stereocenters. The van der Waals surface area contributed by atoms with Gasteiger partial charge in [0.1, 0.15) is 5.75 Å². The quantitative estimate of drug-likeness (QED) is 0.819. The van der Waals surface area contributed by atoms with Gasteiger partial charge in [0, 0.05) is 25.6 Å². The van der Waals surface area contributed by atoms with Crippen molar-refractivity contribution >= 4 is 0 Å². The summed E-state index contributed by atoms with van der Waals surface area (Å²) in [5.41, 5.74) is 2.60. The lowest BCUT2D eigenvalue weighted by atomic mass is 10.0. The standard InChI is InChI=1S/C14H21NO2/c1-10(9-16)8-15-11(2)12-3-4-14-13(7-12)5-6-17-14/h3-4,7,10-11,15-16H,5-6,8-9H2,1-2H3. The summed E-state index contributed by atoms with van der Waals surface area (Å²) >= 11 is 0. The number of hydrogen-bond donors (Lipinski definition) is 2. The van der Waals surface area contributed by atoms with E-state index in [4.69, 9.17) is 9.84 Å². The van der Waals surface area contributed by atoms with E-state index in [0.717, 1.165) is 25.3 Å². The molecule has 0 fully saturated rings. The molecule has 2 N–H and O–H groups in total. The van der Waals surface area contributed by atoms with Gasteiger partial charge in [0.25, 0.3) is 0 Å². The Kier molecular flexibility index (Phi) is 4.02. The van der Waals surface area contributed by atoms with Crippen molar-refractivity contribution in [1.82, 2.24) is 5.32 Å². The summed E-state index contributed by atoms with van der Waals surface area (Å²) in [7, 11) is 0. The van der Waals surface area contributed by atoms with Crippen LogP contribution < -0.4 is 10.1 Å². The highest BCUT2D eigenvalue weighted by Crippen LogP contribution is 2.28. The zero-order valence-electron chi connectivity index (χ0n) is 10.6. The van der Waals surface area contributed by atoms with E-state index in [2.05, 4.69) is 30.4 Å². The molecule has 1 aromatic rings. The molecule has 0 amide bonds. The van der Waals surface area contributed by atoms with Crippen LogP contribution in [0, 0.1) is 5.92 Å². The molecule has 3 heteroatoms. The van der Waals surface area contributed by atoms with Gasteiger partial charge in [0.05, 0.1) is 6.61 Å². The number of nitrogens with one attached hydrogen (secondary N) is 1. The Bertz CT molecular complexity index is 378. The number of ether oxygens (including phenoxy) is 1. The molecule has 94 valence electrons. The number of aliphatic hydroxyl groups excluding tert-OH is 1. The van der Waals surface area contributed by atoms with Crippen LogP contribution in [0.3, 0.4) is 0 Å². The molecule has 1 aliphatic rings. The van der Waals surface area contributed by atoms with Gasteiger partial charge in [0.2, 0.25) is 0 Å². The minimum absolute atomic E-state index is 0.234. The fourth-order valence-corrected chi connectivity index (χ4v) is 2.04. The summed E-state index contributed by atoms with van der Waals surface area (Å²) in [6.45, 7) is 6.07. The van der Waals surface area contributed by atoms with Crippen molar-refractivity contribution in [3.8, 4) is 5.75 Å². The fourth-order valence-electron chi connectivity index (χ4n) is 2.04. The number of fused-ring (bicyclic) bond motifs is 1. The Morgan fingerprint density at radius 2 is 2.24 bits per heavy atom. The van der Waals surface area contributed by atoms with Gasteiger partial charge in [-0.1, -0.05) is 19.1 Å². The Morgan fingerprint density at radius 1 is 1.41 bits per heavy atom. The Labute approximate surface area is 103 Å². The molecular formula is C14H21NO2. The van der Waals surface area contributed by atoms with Crippen molar-refractivity contribution in [1.29, 1.82) is 0 Å². The van der Waals surface area contributed by atoms with Crippen LogP contribution in [0.25, 0.3) is 0 Å². The van der Waals surface area contributed by atoms with E-state index in [1.54, 1.807) is 0 Å². The van der Waals surface area contributed by atoms with E-state index >= 15 is 0 Å². The second-order valence-corrected chi connectivity index (χ2v) is 4.88. The summed E-state index contributed by atoms with van der Waals surface area (Å²) < 4.78 is 5.50. The molecule has 0 bridgehead atoms. The lowest BCUT2D eigenvalue weighted by Gasteiger charge is -2.17. The summed E-state index contributed by atoms with van der Waals surface area (Å²) in [5, 5.41) is 12.4. The smallest absolute Gasteiger partial charge is 0.122 e. The van der Waals surface area contributed by atoms with Gasteiger partial charge in [-0.05, 0) is 30.0 Å². The summed E-state index contributed by atoms with van der Waals surface area (Å²) in [4.78, 5) is 0. The molecule has 0 saturated heterocycles. The summed E-state index contributed by atoms with van der Waals surface area (Å²) in [6, 6.07) is 6.72. The Hall–Kier alpha value is -1.06. The van der Waals surface area contributed by atoms with Gasteiger partial charge >= 0.3 is 0 Å². The number of rotatable bonds is 5. The normalized spacial score (nSPS) is 17.4. The lowest BCUT2D eigenvalue weighted by molar-refractivity contribution is 0.231. The zero-order chi connectivity index (χ0) is 12.3. The third kappa shape index (κ3) is 2.99. The highest BCUT2D eigenvalue weighted by molar-refractivity contribution is 5.40. The van der Waals surface area contributed by atoms with E-state index in [-0.39, 0.29) is 6.61 Å². The monoisotopic (exact) mass is 235 g/mol. The molecule has 1 aliphatic heterocycles. The van der Waals surface area contributed by atoms with Crippen LogP contribution in [-0.4, -0.2) is 24.9 Å². The SMILES string of the molecule is CC(CO)CNC(C)c1ccc2c(c1)CCO2. The molecule has 0 aliphatic carbocycles. The van der Waals surface area contributed by atoms with Gasteiger partial charge in [-0.3, -0.25) is 0 Å². The van der Waals surface area contributed by atoms with Crippen molar-refractivity contribution in [2.24, 2.45) is 5.92 Å². The van der Waals surface area contributed by atoms with E-state index in [1.165, 1.54) is 11.1 Å². The number of benzene rings is 1. The van der Waals surface area contributed by atoms with Crippen LogP contribution >= 0.6 is 0 Å². The maximum Gasteiger partial charge on any atom is 0.122 e. The maximum absolute atomic E-state index is 8.99. The Morgan fingerprint density at radius 3 is 3.00 bits per heavy atom. The van der Waals surface area contributed by atoms with Crippen molar-refractivity contribution in [3.05, 3.63) is 29.3 Å². The van der Waals surface area contributed by atoms with E-state index < -0.39 is 0 Å². The third-order valence-corrected chi connectivity index (χ3v) is 3.30. The molecule has 0 saturated carbocycles. The summed E-state index contributed by atoms with van der Waals surface area (Å²) in [5.74, 6) is 1.33. The van der Waals surface area contributed by atoms with Gasteiger partial charge in [-0.25, -0.2) is 0 Å². The maximum atomic E-state index is 8.99. The summed E-state index contributed by atoms with van der Waals surface area (Å²) in [6.07, 6.45) is 1.02. The van der Waals surface area contributed by atoms with Crippen molar-refractivity contribution in [2.45, 2.75) is 26.3 Å². The largest absolute Gasteiger partial charge is 0.493 e. The fraction of sp³-hybridized carbons (Fsp3) is 0.571. The molecule has 1 heterocycles. The third-order valence-electron chi connectivity index (χ3n) is 3.30. The minimum Gasteiger partial charge on any atom is -0.493 e. The predicted molar refractivity (Wildman–Crippen MR) is 68.3 cm³/mol. The predicted octanol–water partition coefficient (Wildman–Crippen LogP) is 1.90. The topological polar surface area (TPSA) is 41.5 Å². The molecule has 0 radical (unpaired) electrons. The molecule has 0 aromatic heterocycles. The molecule has 17 heavy (non-hydrogen) atoms. The Balaban J connectivity index is 1.97. The second-order valence-electron chi connectivity index (χ2n) is 4.88. The van der Waals surface area contributed by atoms with Crippen molar-refractivity contribution in [2.75, 3.05) is 19.8 Å². The van der Waals surface area contributed by atoms with Crippen LogP contribution in [0.4, 0.5) is 0 Å². The van der Waals surface area contributed by atoms with Crippen LogP contribution in [-0.2, 0) is 6.42 Å². The molecule has 2 atom stereocenters. The first-order valence-electron chi connectivity index (χ1n) is 6.30. The average molecular weight is 235 g/mol. The van der Waals surface area contributed by atoms with Crippen LogP contribution in [0.1, 0.15) is 31.0 Å². The number of hydrogen-bond acceptors (Lipinski definition) is 3. The first-order valence-corrected chi connectivity index (χ1v) is 6.30. The number of aliphatic hydroxyl groups is 1.